The van der Waals surface area contributed by atoms with E-state index in [-0.39, 0.29) is 16.7 Å². The molecule has 3 aliphatic heterocycles. The second kappa shape index (κ2) is 5.12. The van der Waals surface area contributed by atoms with Crippen LogP contribution in [0.5, 0.6) is 5.75 Å². The number of amides is 2. The fraction of sp³-hybridized carbons (Fsp3) is 0.500. The van der Waals surface area contributed by atoms with Crippen LogP contribution in [0.3, 0.4) is 0 Å². The predicted molar refractivity (Wildman–Crippen MR) is 85.0 cm³/mol. The fourth-order valence-electron chi connectivity index (χ4n) is 3.61. The summed E-state index contributed by atoms with van der Waals surface area (Å²) in [6.45, 7) is 2.77. The van der Waals surface area contributed by atoms with E-state index < -0.39 is 11.9 Å². The molecule has 3 aliphatic rings. The van der Waals surface area contributed by atoms with Crippen molar-refractivity contribution < 1.29 is 18.7 Å². The molecule has 2 atom stereocenters. The number of carbonyl (C=O) groups is 2. The first-order valence-corrected chi connectivity index (χ1v) is 8.68. The van der Waals surface area contributed by atoms with Gasteiger partial charge in [-0.1, -0.05) is 0 Å². The summed E-state index contributed by atoms with van der Waals surface area (Å²) in [5, 5.41) is 0. The monoisotopic (exact) mass is 336 g/mol. The van der Waals surface area contributed by atoms with Crippen LogP contribution in [0.2, 0.25) is 0 Å². The van der Waals surface area contributed by atoms with Crippen molar-refractivity contribution in [2.24, 2.45) is 0 Å². The Kier molecular flexibility index (Phi) is 3.30. The number of halogens is 1. The van der Waals surface area contributed by atoms with Gasteiger partial charge in [0.2, 0.25) is 5.91 Å². The molecule has 0 saturated carbocycles. The molecule has 0 N–H and O–H groups in total. The van der Waals surface area contributed by atoms with E-state index in [1.54, 1.807) is 27.6 Å². The topological polar surface area (TPSA) is 49.9 Å². The number of nitrogens with zero attached hydrogens (tertiary/aromatic N) is 2. The lowest BCUT2D eigenvalue weighted by atomic mass is 10.1. The lowest BCUT2D eigenvalue weighted by Crippen LogP contribution is -2.53. The average molecular weight is 336 g/mol. The molecule has 2 unspecified atom stereocenters. The molecule has 1 aromatic carbocycles. The number of anilines is 1. The Morgan fingerprint density at radius 2 is 2.30 bits per heavy atom. The Hall–Kier alpha value is -1.76. The molecule has 7 heteroatoms. The Balaban J connectivity index is 1.65. The van der Waals surface area contributed by atoms with Crippen molar-refractivity contribution in [3.63, 3.8) is 0 Å². The number of benzene rings is 1. The second-order valence-corrected chi connectivity index (χ2v) is 7.72. The Morgan fingerprint density at radius 3 is 3.13 bits per heavy atom. The van der Waals surface area contributed by atoms with Gasteiger partial charge in [-0.2, -0.15) is 0 Å². The minimum absolute atomic E-state index is 0.0449. The van der Waals surface area contributed by atoms with Crippen LogP contribution >= 0.6 is 11.8 Å². The highest BCUT2D eigenvalue weighted by atomic mass is 32.2. The third-order valence-electron chi connectivity index (χ3n) is 4.78. The zero-order chi connectivity index (χ0) is 16.2. The normalized spacial score (nSPS) is 29.3. The van der Waals surface area contributed by atoms with Gasteiger partial charge in [0.15, 0.2) is 0 Å². The Morgan fingerprint density at radius 1 is 1.48 bits per heavy atom. The second-order valence-electron chi connectivity index (χ2n) is 6.22. The molecule has 0 spiro atoms. The SMILES string of the molecule is CC12CCC(=O)N1C(C(=O)N1CCOc3cc(F)ccc31)CS2. The fourth-order valence-corrected chi connectivity index (χ4v) is 5.03. The number of hydrogen-bond acceptors (Lipinski definition) is 4. The first-order chi connectivity index (χ1) is 11.0. The molecule has 4 rings (SSSR count). The molecule has 122 valence electrons. The smallest absolute Gasteiger partial charge is 0.250 e. The van der Waals surface area contributed by atoms with E-state index in [0.29, 0.717) is 36.8 Å². The minimum atomic E-state index is -0.448. The van der Waals surface area contributed by atoms with Gasteiger partial charge in [-0.25, -0.2) is 4.39 Å². The molecule has 1 aromatic rings. The summed E-state index contributed by atoms with van der Waals surface area (Å²) in [7, 11) is 0. The summed E-state index contributed by atoms with van der Waals surface area (Å²) in [6, 6.07) is 3.73. The van der Waals surface area contributed by atoms with Crippen molar-refractivity contribution in [2.45, 2.75) is 30.7 Å². The van der Waals surface area contributed by atoms with Crippen LogP contribution in [0.4, 0.5) is 10.1 Å². The molecule has 0 radical (unpaired) electrons. The van der Waals surface area contributed by atoms with Crippen LogP contribution < -0.4 is 9.64 Å². The maximum Gasteiger partial charge on any atom is 0.250 e. The number of rotatable bonds is 1. The molecule has 0 aromatic heterocycles. The Labute approximate surface area is 137 Å². The van der Waals surface area contributed by atoms with Crippen molar-refractivity contribution in [3.05, 3.63) is 24.0 Å². The van der Waals surface area contributed by atoms with E-state index in [4.69, 9.17) is 4.74 Å². The summed E-state index contributed by atoms with van der Waals surface area (Å²) >= 11 is 1.67. The number of hydrogen-bond donors (Lipinski definition) is 0. The van der Waals surface area contributed by atoms with E-state index >= 15 is 0 Å². The van der Waals surface area contributed by atoms with E-state index in [0.717, 1.165) is 6.42 Å². The summed E-state index contributed by atoms with van der Waals surface area (Å²) in [5.41, 5.74) is 0.577. The summed E-state index contributed by atoms with van der Waals surface area (Å²) in [5.74, 6) is 0.535. The zero-order valence-electron chi connectivity index (χ0n) is 12.8. The van der Waals surface area contributed by atoms with Crippen molar-refractivity contribution in [1.29, 1.82) is 0 Å². The molecule has 3 heterocycles. The molecule has 2 fully saturated rings. The van der Waals surface area contributed by atoms with Gasteiger partial charge in [-0.05, 0) is 25.5 Å². The lowest BCUT2D eigenvalue weighted by Gasteiger charge is -2.35. The van der Waals surface area contributed by atoms with E-state index in [9.17, 15) is 14.0 Å². The summed E-state index contributed by atoms with van der Waals surface area (Å²) < 4.78 is 18.8. The number of fused-ring (bicyclic) bond motifs is 2. The Bertz CT molecular complexity index is 698. The first-order valence-electron chi connectivity index (χ1n) is 7.69. The largest absolute Gasteiger partial charge is 0.489 e. The van der Waals surface area contributed by atoms with Gasteiger partial charge in [0.25, 0.3) is 5.91 Å². The predicted octanol–water partition coefficient (Wildman–Crippen LogP) is 2.01. The molecular formula is C16H17FN2O3S. The molecule has 2 amide bonds. The van der Waals surface area contributed by atoms with Crippen molar-refractivity contribution in [2.75, 3.05) is 23.8 Å². The zero-order valence-corrected chi connectivity index (χ0v) is 13.6. The van der Waals surface area contributed by atoms with Gasteiger partial charge in [0.05, 0.1) is 17.1 Å². The van der Waals surface area contributed by atoms with Gasteiger partial charge in [0.1, 0.15) is 24.2 Å². The van der Waals surface area contributed by atoms with Crippen molar-refractivity contribution in [3.8, 4) is 5.75 Å². The van der Waals surface area contributed by atoms with Crippen LogP contribution in [0.1, 0.15) is 19.8 Å². The number of carbonyl (C=O) groups excluding carboxylic acids is 2. The quantitative estimate of drug-likeness (QED) is 0.787. The summed E-state index contributed by atoms with van der Waals surface area (Å²) in [6.07, 6.45) is 1.28. The van der Waals surface area contributed by atoms with E-state index in [1.807, 2.05) is 6.92 Å². The standard InChI is InChI=1S/C16H17FN2O3S/c1-16-5-4-14(20)19(16)12(9-23-16)15(21)18-6-7-22-13-8-10(17)2-3-11(13)18/h2-3,8,12H,4-7,9H2,1H3. The number of ether oxygens (including phenoxy) is 1. The van der Waals surface area contributed by atoms with Crippen LogP contribution in [-0.4, -0.2) is 46.5 Å². The van der Waals surface area contributed by atoms with Gasteiger partial charge in [-0.3, -0.25) is 9.59 Å². The first kappa shape index (κ1) is 14.8. The van der Waals surface area contributed by atoms with Gasteiger partial charge in [0, 0.05) is 18.2 Å². The van der Waals surface area contributed by atoms with Gasteiger partial charge in [-0.15, -0.1) is 11.8 Å². The third kappa shape index (κ3) is 2.21. The van der Waals surface area contributed by atoms with Gasteiger partial charge < -0.3 is 14.5 Å². The van der Waals surface area contributed by atoms with E-state index in [1.165, 1.54) is 12.1 Å². The van der Waals surface area contributed by atoms with Crippen LogP contribution in [0.25, 0.3) is 0 Å². The third-order valence-corrected chi connectivity index (χ3v) is 6.29. The molecule has 5 nitrogen and oxygen atoms in total. The molecule has 23 heavy (non-hydrogen) atoms. The van der Waals surface area contributed by atoms with Crippen LogP contribution in [0, 0.1) is 5.82 Å². The van der Waals surface area contributed by atoms with Crippen molar-refractivity contribution in [1.82, 2.24) is 4.90 Å². The molecule has 0 bridgehead atoms. The van der Waals surface area contributed by atoms with Crippen molar-refractivity contribution >= 4 is 29.3 Å². The van der Waals surface area contributed by atoms with Crippen LogP contribution in [-0.2, 0) is 9.59 Å². The molecule has 0 aliphatic carbocycles. The number of thioether (sulfide) groups is 1. The molecule has 2 saturated heterocycles. The highest BCUT2D eigenvalue weighted by Crippen LogP contribution is 2.48. The molecular weight excluding hydrogens is 319 g/mol. The maximum atomic E-state index is 13.4. The highest BCUT2D eigenvalue weighted by Gasteiger charge is 2.53. The lowest BCUT2D eigenvalue weighted by molar-refractivity contribution is -0.136. The van der Waals surface area contributed by atoms with E-state index in [2.05, 4.69) is 0 Å². The van der Waals surface area contributed by atoms with Gasteiger partial charge >= 0.3 is 0 Å². The minimum Gasteiger partial charge on any atom is -0.489 e. The average Bonchev–Trinajstić information content (AvgIpc) is 3.02. The maximum absolute atomic E-state index is 13.4. The van der Waals surface area contributed by atoms with Crippen LogP contribution in [0.15, 0.2) is 18.2 Å². The highest BCUT2D eigenvalue weighted by molar-refractivity contribution is 8.01. The summed E-state index contributed by atoms with van der Waals surface area (Å²) in [4.78, 5) is 28.4.